The van der Waals surface area contributed by atoms with E-state index in [4.69, 9.17) is 10.7 Å². The molecule has 0 aromatic carbocycles. The van der Waals surface area contributed by atoms with Gasteiger partial charge in [-0.1, -0.05) is 19.8 Å². The van der Waals surface area contributed by atoms with Crippen molar-refractivity contribution in [3.8, 4) is 11.3 Å². The summed E-state index contributed by atoms with van der Waals surface area (Å²) < 4.78 is 26.9. The third kappa shape index (κ3) is 4.00. The molecule has 0 unspecified atom stereocenters. The number of nitrogens with one attached hydrogen (secondary N) is 1. The average molecular weight is 453 g/mol. The summed E-state index contributed by atoms with van der Waals surface area (Å²) in [5.41, 5.74) is 7.35. The molecule has 9 heteroatoms. The largest absolute Gasteiger partial charge is 0.364 e. The fraction of sp³-hybridized carbons (Fsp3) is 0.458. The summed E-state index contributed by atoms with van der Waals surface area (Å²) in [6, 6.07) is 3.02. The van der Waals surface area contributed by atoms with Gasteiger partial charge in [0.2, 0.25) is 5.92 Å². The van der Waals surface area contributed by atoms with Gasteiger partial charge in [-0.2, -0.15) is 0 Å². The van der Waals surface area contributed by atoms with Gasteiger partial charge in [0.05, 0.1) is 22.3 Å². The number of hydrogen-bond acceptors (Lipinski definition) is 5. The second kappa shape index (κ2) is 7.97. The van der Waals surface area contributed by atoms with Crippen LogP contribution in [-0.4, -0.2) is 31.8 Å². The van der Waals surface area contributed by atoms with Crippen molar-refractivity contribution >= 4 is 16.8 Å². The molecule has 0 saturated heterocycles. The van der Waals surface area contributed by atoms with E-state index in [0.717, 1.165) is 31.4 Å². The highest BCUT2D eigenvalue weighted by Crippen LogP contribution is 2.48. The van der Waals surface area contributed by atoms with Gasteiger partial charge >= 0.3 is 0 Å². The molecule has 7 nitrogen and oxygen atoms in total. The Morgan fingerprint density at radius 3 is 2.55 bits per heavy atom. The van der Waals surface area contributed by atoms with Crippen molar-refractivity contribution in [1.82, 2.24) is 19.9 Å². The number of carbonyl (C=O) groups is 1. The Bertz CT molecular complexity index is 1290. The maximum absolute atomic E-state index is 13.5. The molecule has 5 rings (SSSR count). The predicted molar refractivity (Wildman–Crippen MR) is 119 cm³/mol. The van der Waals surface area contributed by atoms with Crippen molar-refractivity contribution in [2.75, 3.05) is 0 Å². The number of aromatic nitrogens is 4. The highest BCUT2D eigenvalue weighted by Gasteiger charge is 2.47. The summed E-state index contributed by atoms with van der Waals surface area (Å²) in [6.07, 6.45) is 6.60. The number of aromatic amines is 1. The molecule has 3 N–H and O–H groups in total. The lowest BCUT2D eigenvalue weighted by Crippen LogP contribution is -2.35. The summed E-state index contributed by atoms with van der Waals surface area (Å²) in [5.74, 6) is -2.53. The first kappa shape index (κ1) is 21.6. The monoisotopic (exact) mass is 453 g/mol. The van der Waals surface area contributed by atoms with E-state index < -0.39 is 11.8 Å². The summed E-state index contributed by atoms with van der Waals surface area (Å²) in [7, 11) is 0. The van der Waals surface area contributed by atoms with Crippen LogP contribution in [0.4, 0.5) is 8.78 Å². The van der Waals surface area contributed by atoms with Crippen molar-refractivity contribution in [3.63, 3.8) is 0 Å². The lowest BCUT2D eigenvalue weighted by atomic mass is 9.78. The molecule has 0 bridgehead atoms. The van der Waals surface area contributed by atoms with Crippen molar-refractivity contribution in [2.24, 2.45) is 11.7 Å². The molecule has 0 radical (unpaired) electrons. The van der Waals surface area contributed by atoms with Gasteiger partial charge in [-0.15, -0.1) is 0 Å². The Balaban J connectivity index is 1.62. The zero-order chi connectivity index (χ0) is 23.3. The molecular weight excluding hydrogens is 428 g/mol. The minimum Gasteiger partial charge on any atom is -0.364 e. The Hall–Kier alpha value is -3.23. The standard InChI is InChI=1S/C24H25F2N5O2/c1-12-2-4-13(5-3-12)20-15(11-29-23(31-20)14-9-24(25,26)10-14)17-8-18(32)19-16(30-17)6-7-28-21(19)22(27)33/h6-8,11-14H,2-5,9-10H2,1H3,(H2,27,33)(H,30,32)/t12-,13-. The normalized spacial score (nSPS) is 22.8. The maximum Gasteiger partial charge on any atom is 0.268 e. The van der Waals surface area contributed by atoms with Crippen LogP contribution in [0, 0.1) is 5.92 Å². The van der Waals surface area contributed by atoms with E-state index in [1.807, 2.05) is 0 Å². The molecule has 0 spiro atoms. The van der Waals surface area contributed by atoms with Crippen molar-refractivity contribution in [2.45, 2.75) is 63.2 Å². The molecule has 172 valence electrons. The smallest absolute Gasteiger partial charge is 0.268 e. The zero-order valence-corrected chi connectivity index (χ0v) is 18.3. The second-order valence-electron chi connectivity index (χ2n) is 9.44. The van der Waals surface area contributed by atoms with E-state index in [-0.39, 0.29) is 41.2 Å². The number of fused-ring (bicyclic) bond motifs is 1. The first-order valence-corrected chi connectivity index (χ1v) is 11.3. The first-order chi connectivity index (χ1) is 15.7. The number of alkyl halides is 2. The van der Waals surface area contributed by atoms with E-state index in [2.05, 4.69) is 21.9 Å². The maximum atomic E-state index is 13.5. The number of hydrogen-bond donors (Lipinski definition) is 2. The molecule has 2 aliphatic rings. The van der Waals surface area contributed by atoms with Gasteiger partial charge in [-0.3, -0.25) is 14.6 Å². The number of carbonyl (C=O) groups excluding carboxylic acids is 1. The average Bonchev–Trinajstić information content (AvgIpc) is 2.77. The minimum atomic E-state index is -2.65. The molecule has 3 aromatic heterocycles. The lowest BCUT2D eigenvalue weighted by molar-refractivity contribution is -0.0885. The van der Waals surface area contributed by atoms with E-state index in [1.165, 1.54) is 12.3 Å². The van der Waals surface area contributed by atoms with Crippen LogP contribution in [-0.2, 0) is 0 Å². The Kier molecular flexibility index (Phi) is 5.22. The van der Waals surface area contributed by atoms with E-state index in [1.54, 1.807) is 12.3 Å². The highest BCUT2D eigenvalue weighted by molar-refractivity contribution is 6.03. The van der Waals surface area contributed by atoms with Crippen LogP contribution < -0.4 is 11.2 Å². The van der Waals surface area contributed by atoms with E-state index in [9.17, 15) is 18.4 Å². The Morgan fingerprint density at radius 1 is 1.15 bits per heavy atom. The highest BCUT2D eigenvalue weighted by atomic mass is 19.3. The van der Waals surface area contributed by atoms with Crippen LogP contribution in [0.3, 0.4) is 0 Å². The SMILES string of the molecule is C[C@H]1CC[C@H](c2nc(C3CC(F)(F)C3)ncc2-c2cc(=O)c3c(C(N)=O)nccc3[nH]2)CC1. The van der Waals surface area contributed by atoms with Gasteiger partial charge in [-0.25, -0.2) is 18.7 Å². The number of H-pyrrole nitrogens is 1. The molecular formula is C24H25F2N5O2. The van der Waals surface area contributed by atoms with Gasteiger partial charge < -0.3 is 10.7 Å². The van der Waals surface area contributed by atoms with E-state index in [0.29, 0.717) is 28.5 Å². The number of nitrogens with two attached hydrogens (primary N) is 1. The molecule has 3 heterocycles. The van der Waals surface area contributed by atoms with Crippen LogP contribution in [0.25, 0.3) is 22.2 Å². The molecule has 2 fully saturated rings. The van der Waals surface area contributed by atoms with Gasteiger partial charge in [0.15, 0.2) is 5.43 Å². The Morgan fingerprint density at radius 2 is 1.88 bits per heavy atom. The zero-order valence-electron chi connectivity index (χ0n) is 18.3. The van der Waals surface area contributed by atoms with Gasteiger partial charge in [-0.05, 0) is 24.8 Å². The number of rotatable bonds is 4. The summed E-state index contributed by atoms with van der Waals surface area (Å²) in [6.45, 7) is 2.23. The number of halogens is 2. The summed E-state index contributed by atoms with van der Waals surface area (Å²) >= 11 is 0. The Labute approximate surface area is 188 Å². The van der Waals surface area contributed by atoms with Gasteiger partial charge in [0, 0.05) is 48.7 Å². The molecule has 2 saturated carbocycles. The second-order valence-corrected chi connectivity index (χ2v) is 9.44. The molecule has 0 aliphatic heterocycles. The summed E-state index contributed by atoms with van der Waals surface area (Å²) in [5, 5.41) is 0.135. The molecule has 1 amide bonds. The van der Waals surface area contributed by atoms with Gasteiger partial charge in [0.1, 0.15) is 11.5 Å². The molecule has 33 heavy (non-hydrogen) atoms. The number of pyridine rings is 2. The molecule has 3 aromatic rings. The number of primary amides is 1. The third-order valence-electron chi connectivity index (χ3n) is 6.96. The van der Waals surface area contributed by atoms with Crippen LogP contribution in [0.2, 0.25) is 0 Å². The quantitative estimate of drug-likeness (QED) is 0.612. The summed E-state index contributed by atoms with van der Waals surface area (Å²) in [4.78, 5) is 41.0. The fourth-order valence-electron chi connectivity index (χ4n) is 5.03. The van der Waals surface area contributed by atoms with Crippen LogP contribution in [0.1, 0.15) is 79.3 Å². The topological polar surface area (TPSA) is 115 Å². The minimum absolute atomic E-state index is 0.0840. The number of amides is 1. The molecule has 2 aliphatic carbocycles. The lowest BCUT2D eigenvalue weighted by Gasteiger charge is -2.34. The third-order valence-corrected chi connectivity index (χ3v) is 6.96. The fourth-order valence-corrected chi connectivity index (χ4v) is 5.03. The van der Waals surface area contributed by atoms with Crippen LogP contribution in [0.15, 0.2) is 29.3 Å². The molecule has 0 atom stereocenters. The van der Waals surface area contributed by atoms with Crippen molar-refractivity contribution in [1.29, 1.82) is 0 Å². The van der Waals surface area contributed by atoms with Gasteiger partial charge in [0.25, 0.3) is 5.91 Å². The van der Waals surface area contributed by atoms with Crippen molar-refractivity contribution in [3.05, 3.63) is 52.0 Å². The van der Waals surface area contributed by atoms with Crippen LogP contribution >= 0.6 is 0 Å². The van der Waals surface area contributed by atoms with E-state index >= 15 is 0 Å². The first-order valence-electron chi connectivity index (χ1n) is 11.3. The predicted octanol–water partition coefficient (Wildman–Crippen LogP) is 4.29. The van der Waals surface area contributed by atoms with Crippen LogP contribution in [0.5, 0.6) is 0 Å². The van der Waals surface area contributed by atoms with Crippen molar-refractivity contribution < 1.29 is 13.6 Å². The number of nitrogens with zero attached hydrogens (tertiary/aromatic N) is 3.